The van der Waals surface area contributed by atoms with Gasteiger partial charge < -0.3 is 10.6 Å². The normalized spacial score (nSPS) is 9.95. The summed E-state index contributed by atoms with van der Waals surface area (Å²) in [6, 6.07) is 13.6. The predicted molar refractivity (Wildman–Crippen MR) is 75.8 cm³/mol. The van der Waals surface area contributed by atoms with Gasteiger partial charge in [0.15, 0.2) is 0 Å². The molecule has 1 heterocycles. The zero-order chi connectivity index (χ0) is 13.5. The van der Waals surface area contributed by atoms with E-state index in [1.54, 1.807) is 6.20 Å². The van der Waals surface area contributed by atoms with E-state index in [2.05, 4.69) is 15.6 Å². The highest BCUT2D eigenvalue weighted by atomic mass is 16.1. The Morgan fingerprint density at radius 1 is 1.16 bits per heavy atom. The molecule has 2 aromatic rings. The Kier molecular flexibility index (Phi) is 4.50. The highest BCUT2D eigenvalue weighted by Crippen LogP contribution is 2.03. The molecule has 0 atom stereocenters. The van der Waals surface area contributed by atoms with Crippen LogP contribution >= 0.6 is 0 Å². The van der Waals surface area contributed by atoms with Crippen LogP contribution in [0.3, 0.4) is 0 Å². The summed E-state index contributed by atoms with van der Waals surface area (Å²) in [5, 5.41) is 5.84. The largest absolute Gasteiger partial charge is 0.361 e. The molecule has 19 heavy (non-hydrogen) atoms. The van der Waals surface area contributed by atoms with E-state index < -0.39 is 0 Å². The number of carbonyl (C=O) groups excluding carboxylic acids is 1. The lowest BCUT2D eigenvalue weighted by Gasteiger charge is -2.07. The fourth-order valence-electron chi connectivity index (χ4n) is 1.60. The number of anilines is 1. The second kappa shape index (κ2) is 6.54. The van der Waals surface area contributed by atoms with Crippen LogP contribution in [0, 0.1) is 6.92 Å². The van der Waals surface area contributed by atoms with Gasteiger partial charge in [0.05, 0.1) is 6.54 Å². The SMILES string of the molecule is Cc1ccc(NCC(=O)NCc2ccccc2)nc1. The topological polar surface area (TPSA) is 54.0 Å². The molecule has 1 aromatic heterocycles. The first kappa shape index (κ1) is 13.1. The third kappa shape index (κ3) is 4.43. The van der Waals surface area contributed by atoms with Crippen LogP contribution < -0.4 is 10.6 Å². The van der Waals surface area contributed by atoms with E-state index in [1.165, 1.54) is 0 Å². The highest BCUT2D eigenvalue weighted by molar-refractivity contribution is 5.80. The van der Waals surface area contributed by atoms with Crippen molar-refractivity contribution in [2.45, 2.75) is 13.5 Å². The van der Waals surface area contributed by atoms with Crippen molar-refractivity contribution in [1.82, 2.24) is 10.3 Å². The molecule has 0 radical (unpaired) electrons. The third-order valence-corrected chi connectivity index (χ3v) is 2.67. The summed E-state index contributed by atoms with van der Waals surface area (Å²) in [7, 11) is 0. The molecular formula is C15H17N3O. The van der Waals surface area contributed by atoms with Gasteiger partial charge in [-0.3, -0.25) is 4.79 Å². The van der Waals surface area contributed by atoms with Crippen molar-refractivity contribution in [2.24, 2.45) is 0 Å². The molecule has 0 fully saturated rings. The van der Waals surface area contributed by atoms with E-state index >= 15 is 0 Å². The zero-order valence-electron chi connectivity index (χ0n) is 10.9. The van der Waals surface area contributed by atoms with Gasteiger partial charge in [0.25, 0.3) is 0 Å². The van der Waals surface area contributed by atoms with Crippen molar-refractivity contribution >= 4 is 11.7 Å². The van der Waals surface area contributed by atoms with Crippen LogP contribution in [0.25, 0.3) is 0 Å². The number of nitrogens with one attached hydrogen (secondary N) is 2. The molecule has 1 amide bonds. The molecule has 2 N–H and O–H groups in total. The first-order valence-corrected chi connectivity index (χ1v) is 6.21. The maximum atomic E-state index is 11.7. The molecule has 0 aliphatic carbocycles. The van der Waals surface area contributed by atoms with Gasteiger partial charge in [0.1, 0.15) is 5.82 Å². The molecule has 0 aliphatic rings. The van der Waals surface area contributed by atoms with E-state index in [1.807, 2.05) is 49.4 Å². The quantitative estimate of drug-likeness (QED) is 0.860. The Morgan fingerprint density at radius 3 is 2.63 bits per heavy atom. The van der Waals surface area contributed by atoms with Crippen LogP contribution in [0.4, 0.5) is 5.82 Å². The van der Waals surface area contributed by atoms with Crippen molar-refractivity contribution in [3.8, 4) is 0 Å². The van der Waals surface area contributed by atoms with Gasteiger partial charge >= 0.3 is 0 Å². The molecule has 0 aliphatic heterocycles. The Labute approximate surface area is 112 Å². The lowest BCUT2D eigenvalue weighted by Crippen LogP contribution is -2.29. The summed E-state index contributed by atoms with van der Waals surface area (Å²) in [5.74, 6) is 0.659. The summed E-state index contributed by atoms with van der Waals surface area (Å²) >= 11 is 0. The van der Waals surface area contributed by atoms with Crippen molar-refractivity contribution < 1.29 is 4.79 Å². The maximum Gasteiger partial charge on any atom is 0.239 e. The number of aromatic nitrogens is 1. The predicted octanol–water partition coefficient (Wildman–Crippen LogP) is 2.12. The van der Waals surface area contributed by atoms with Crippen LogP contribution in [-0.2, 0) is 11.3 Å². The Bertz CT molecular complexity index is 523. The standard InChI is InChI=1S/C15H17N3O/c1-12-7-8-14(16-9-12)17-11-15(19)18-10-13-5-3-2-4-6-13/h2-9H,10-11H2,1H3,(H,16,17)(H,18,19). The fourth-order valence-corrected chi connectivity index (χ4v) is 1.60. The third-order valence-electron chi connectivity index (χ3n) is 2.67. The molecule has 0 saturated heterocycles. The lowest BCUT2D eigenvalue weighted by molar-refractivity contribution is -0.119. The van der Waals surface area contributed by atoms with Crippen molar-refractivity contribution in [2.75, 3.05) is 11.9 Å². The fraction of sp³-hybridized carbons (Fsp3) is 0.200. The molecule has 1 aromatic carbocycles. The van der Waals surface area contributed by atoms with E-state index in [0.29, 0.717) is 12.4 Å². The van der Waals surface area contributed by atoms with Crippen LogP contribution in [0.15, 0.2) is 48.7 Å². The van der Waals surface area contributed by atoms with Gasteiger partial charge in [-0.25, -0.2) is 4.98 Å². The maximum absolute atomic E-state index is 11.7. The Balaban J connectivity index is 1.74. The number of amides is 1. The Morgan fingerprint density at radius 2 is 1.95 bits per heavy atom. The lowest BCUT2D eigenvalue weighted by atomic mass is 10.2. The smallest absolute Gasteiger partial charge is 0.239 e. The van der Waals surface area contributed by atoms with Crippen molar-refractivity contribution in [1.29, 1.82) is 0 Å². The summed E-state index contributed by atoms with van der Waals surface area (Å²) < 4.78 is 0. The summed E-state index contributed by atoms with van der Waals surface area (Å²) in [5.41, 5.74) is 2.18. The summed E-state index contributed by atoms with van der Waals surface area (Å²) in [6.07, 6.45) is 1.77. The van der Waals surface area contributed by atoms with E-state index in [4.69, 9.17) is 0 Å². The second-order valence-electron chi connectivity index (χ2n) is 4.34. The molecule has 2 rings (SSSR count). The molecule has 0 unspecified atom stereocenters. The number of hydrogen-bond donors (Lipinski definition) is 2. The minimum absolute atomic E-state index is 0.0498. The molecule has 4 nitrogen and oxygen atoms in total. The number of carbonyl (C=O) groups is 1. The Hall–Kier alpha value is -2.36. The van der Waals surface area contributed by atoms with Crippen molar-refractivity contribution in [3.05, 3.63) is 59.8 Å². The monoisotopic (exact) mass is 255 g/mol. The van der Waals surface area contributed by atoms with Gasteiger partial charge in [-0.05, 0) is 24.1 Å². The van der Waals surface area contributed by atoms with Crippen LogP contribution in [0.1, 0.15) is 11.1 Å². The molecule has 0 spiro atoms. The first-order chi connectivity index (χ1) is 9.24. The van der Waals surface area contributed by atoms with Gasteiger partial charge in [-0.2, -0.15) is 0 Å². The average molecular weight is 255 g/mol. The average Bonchev–Trinajstić information content (AvgIpc) is 2.45. The number of nitrogens with zero attached hydrogens (tertiary/aromatic N) is 1. The number of aryl methyl sites for hydroxylation is 1. The number of benzene rings is 1. The number of pyridine rings is 1. The van der Waals surface area contributed by atoms with Crippen LogP contribution in [-0.4, -0.2) is 17.4 Å². The molecular weight excluding hydrogens is 238 g/mol. The van der Waals surface area contributed by atoms with Crippen LogP contribution in [0.5, 0.6) is 0 Å². The van der Waals surface area contributed by atoms with Gasteiger partial charge in [0, 0.05) is 12.7 Å². The minimum atomic E-state index is -0.0498. The minimum Gasteiger partial charge on any atom is -0.361 e. The highest BCUT2D eigenvalue weighted by Gasteiger charge is 2.01. The number of rotatable bonds is 5. The van der Waals surface area contributed by atoms with Gasteiger partial charge in [0.2, 0.25) is 5.91 Å². The second-order valence-corrected chi connectivity index (χ2v) is 4.34. The zero-order valence-corrected chi connectivity index (χ0v) is 10.9. The van der Waals surface area contributed by atoms with E-state index in [9.17, 15) is 4.79 Å². The molecule has 0 saturated carbocycles. The van der Waals surface area contributed by atoms with Gasteiger partial charge in [-0.15, -0.1) is 0 Å². The van der Waals surface area contributed by atoms with E-state index in [0.717, 1.165) is 11.1 Å². The van der Waals surface area contributed by atoms with E-state index in [-0.39, 0.29) is 12.5 Å². The first-order valence-electron chi connectivity index (χ1n) is 6.21. The van der Waals surface area contributed by atoms with Crippen molar-refractivity contribution in [3.63, 3.8) is 0 Å². The molecule has 98 valence electrons. The van der Waals surface area contributed by atoms with Crippen LogP contribution in [0.2, 0.25) is 0 Å². The summed E-state index contributed by atoms with van der Waals surface area (Å²) in [4.78, 5) is 15.8. The molecule has 4 heteroatoms. The summed E-state index contributed by atoms with van der Waals surface area (Å²) in [6.45, 7) is 2.74. The van der Waals surface area contributed by atoms with Gasteiger partial charge in [-0.1, -0.05) is 36.4 Å². The number of hydrogen-bond acceptors (Lipinski definition) is 3. The molecule has 0 bridgehead atoms.